The van der Waals surface area contributed by atoms with Crippen molar-refractivity contribution in [3.05, 3.63) is 216 Å². The van der Waals surface area contributed by atoms with Crippen molar-refractivity contribution < 1.29 is 26.3 Å². The zero-order valence-electron chi connectivity index (χ0n) is 36.5. The van der Waals surface area contributed by atoms with Crippen LogP contribution in [-0.4, -0.2) is 9.13 Å². The summed E-state index contributed by atoms with van der Waals surface area (Å²) in [6.07, 6.45) is -10.3. The lowest BCUT2D eigenvalue weighted by Gasteiger charge is -2.23. The molecule has 0 radical (unpaired) electrons. The van der Waals surface area contributed by atoms with Gasteiger partial charge < -0.3 is 9.13 Å². The second kappa shape index (κ2) is 15.9. The Balaban J connectivity index is 1.23. The highest BCUT2D eigenvalue weighted by atomic mass is 19.4. The number of benzene rings is 9. The van der Waals surface area contributed by atoms with Crippen LogP contribution >= 0.6 is 0 Å². The first-order valence-electron chi connectivity index (χ1n) is 21.9. The molecule has 9 heteroatoms. The number of aryl methyl sites for hydroxylation is 2. The van der Waals surface area contributed by atoms with Gasteiger partial charge in [-0.15, -0.1) is 0 Å². The maximum atomic E-state index is 15.2. The van der Waals surface area contributed by atoms with Crippen LogP contribution in [0.3, 0.4) is 0 Å². The molecule has 0 amide bonds. The first-order chi connectivity index (χ1) is 32.8. The summed E-state index contributed by atoms with van der Waals surface area (Å²) in [4.78, 5) is 0. The number of fused-ring (bicyclic) bond motifs is 6. The van der Waals surface area contributed by atoms with Gasteiger partial charge in [-0.05, 0) is 126 Å². The van der Waals surface area contributed by atoms with E-state index in [0.717, 1.165) is 83.1 Å². The van der Waals surface area contributed by atoms with Crippen molar-refractivity contribution in [2.45, 2.75) is 26.2 Å². The number of halogens is 6. The minimum atomic E-state index is -5.16. The van der Waals surface area contributed by atoms with Gasteiger partial charge in [0.05, 0.1) is 50.5 Å². The highest BCUT2D eigenvalue weighted by Crippen LogP contribution is 2.49. The van der Waals surface area contributed by atoms with E-state index in [1.54, 1.807) is 30.3 Å². The Morgan fingerprint density at radius 1 is 0.397 bits per heavy atom. The lowest BCUT2D eigenvalue weighted by Crippen LogP contribution is -2.14. The number of nitrogens with zero attached hydrogens (tertiary/aromatic N) is 3. The van der Waals surface area contributed by atoms with Crippen LogP contribution < -0.4 is 0 Å². The monoisotopic (exact) mass is 901 g/mol. The minimum absolute atomic E-state index is 0.0706. The molecule has 330 valence electrons. The van der Waals surface area contributed by atoms with Gasteiger partial charge in [0, 0.05) is 38.4 Å². The summed E-state index contributed by atoms with van der Waals surface area (Å²) in [7, 11) is 0. The summed E-state index contributed by atoms with van der Waals surface area (Å²) in [5.41, 5.74) is 6.60. The van der Waals surface area contributed by atoms with Crippen LogP contribution in [0.15, 0.2) is 188 Å². The minimum Gasteiger partial charge on any atom is -0.309 e. The zero-order valence-corrected chi connectivity index (χ0v) is 36.5. The fourth-order valence-electron chi connectivity index (χ4n) is 9.78. The molecule has 0 saturated carbocycles. The number of nitriles is 1. The molecule has 0 atom stereocenters. The molecule has 0 spiro atoms. The summed E-state index contributed by atoms with van der Waals surface area (Å²) >= 11 is 0. The Hall–Kier alpha value is -8.35. The van der Waals surface area contributed by atoms with Crippen molar-refractivity contribution in [2.24, 2.45) is 0 Å². The van der Waals surface area contributed by atoms with E-state index in [1.165, 1.54) is 6.07 Å². The first-order valence-corrected chi connectivity index (χ1v) is 21.9. The second-order valence-corrected chi connectivity index (χ2v) is 17.2. The number of hydrogen-bond acceptors (Lipinski definition) is 1. The van der Waals surface area contributed by atoms with Crippen LogP contribution in [0.4, 0.5) is 26.3 Å². The van der Waals surface area contributed by atoms with E-state index in [-0.39, 0.29) is 22.3 Å². The third kappa shape index (κ3) is 7.08. The van der Waals surface area contributed by atoms with Crippen LogP contribution in [0.1, 0.15) is 27.8 Å². The van der Waals surface area contributed by atoms with Crippen molar-refractivity contribution in [2.75, 3.05) is 0 Å². The molecular weight excluding hydrogens is 865 g/mol. The van der Waals surface area contributed by atoms with Crippen molar-refractivity contribution >= 4 is 43.6 Å². The molecule has 11 rings (SSSR count). The summed E-state index contributed by atoms with van der Waals surface area (Å²) in [5.74, 6) is 0. The number of alkyl halides is 6. The lowest BCUT2D eigenvalue weighted by atomic mass is 9.86. The van der Waals surface area contributed by atoms with Crippen molar-refractivity contribution in [1.29, 1.82) is 5.26 Å². The highest BCUT2D eigenvalue weighted by molar-refractivity contribution is 6.12. The molecule has 3 nitrogen and oxygen atoms in total. The summed E-state index contributed by atoms with van der Waals surface area (Å²) in [6, 6.07) is 57.9. The fraction of sp³-hybridized carbons (Fsp3) is 0.0678. The van der Waals surface area contributed by atoms with Gasteiger partial charge in [0.25, 0.3) is 0 Å². The Kier molecular flexibility index (Phi) is 9.90. The molecule has 0 bridgehead atoms. The van der Waals surface area contributed by atoms with E-state index in [4.69, 9.17) is 0 Å². The maximum Gasteiger partial charge on any atom is 0.417 e. The molecule has 0 aliphatic heterocycles. The molecule has 2 heterocycles. The molecule has 0 fully saturated rings. The van der Waals surface area contributed by atoms with E-state index in [1.807, 2.05) is 120 Å². The molecule has 68 heavy (non-hydrogen) atoms. The highest BCUT2D eigenvalue weighted by Gasteiger charge is 2.42. The van der Waals surface area contributed by atoms with Crippen LogP contribution in [0.2, 0.25) is 0 Å². The predicted molar refractivity (Wildman–Crippen MR) is 261 cm³/mol. The van der Waals surface area contributed by atoms with Crippen LogP contribution in [0, 0.1) is 25.2 Å². The molecule has 0 unspecified atom stereocenters. The molecule has 0 saturated heterocycles. The number of hydrogen-bond donors (Lipinski definition) is 0. The first kappa shape index (κ1) is 42.3. The predicted octanol–water partition coefficient (Wildman–Crippen LogP) is 17.1. The Morgan fingerprint density at radius 3 is 1.41 bits per heavy atom. The Labute approximate surface area is 387 Å². The van der Waals surface area contributed by atoms with Gasteiger partial charge in [0.1, 0.15) is 0 Å². The number of rotatable bonds is 6. The van der Waals surface area contributed by atoms with Crippen molar-refractivity contribution in [3.63, 3.8) is 0 Å². The lowest BCUT2D eigenvalue weighted by molar-refractivity contribution is -0.142. The maximum absolute atomic E-state index is 15.2. The quantitative estimate of drug-likeness (QED) is 0.153. The van der Waals surface area contributed by atoms with Gasteiger partial charge in [-0.1, -0.05) is 120 Å². The van der Waals surface area contributed by atoms with Crippen LogP contribution in [0.25, 0.3) is 99.5 Å². The largest absolute Gasteiger partial charge is 0.417 e. The topological polar surface area (TPSA) is 33.6 Å². The smallest absolute Gasteiger partial charge is 0.309 e. The summed E-state index contributed by atoms with van der Waals surface area (Å²) in [5, 5.41) is 14.0. The third-order valence-corrected chi connectivity index (χ3v) is 13.0. The standard InChI is InChI=1S/C59H37F6N3/c1-35-14-19-38(20-15-35)40-23-28-54-48(31-40)43-8-3-5-12-52(43)67(54)42-25-26-45(57-50(58(60,61)62)10-7-11-51(57)59(63,64)65)46(33-42)47-30-37(34-66)18-27-55(47)68-53-13-6-4-9-44(53)49-32-41(24-29-56(49)68)39-21-16-36(2)17-22-39/h3-33H,1-2H3. The molecule has 0 aliphatic carbocycles. The molecule has 2 aromatic heterocycles. The van der Waals surface area contributed by atoms with E-state index in [0.29, 0.717) is 23.5 Å². The normalized spacial score (nSPS) is 12.1. The Bertz CT molecular complexity index is 3810. The molecule has 9 aromatic carbocycles. The van der Waals surface area contributed by atoms with E-state index < -0.39 is 29.0 Å². The van der Waals surface area contributed by atoms with Gasteiger partial charge in [0.2, 0.25) is 0 Å². The van der Waals surface area contributed by atoms with E-state index in [9.17, 15) is 5.26 Å². The van der Waals surface area contributed by atoms with E-state index in [2.05, 4.69) is 42.5 Å². The van der Waals surface area contributed by atoms with Crippen LogP contribution in [0.5, 0.6) is 0 Å². The van der Waals surface area contributed by atoms with Gasteiger partial charge in [0.15, 0.2) is 0 Å². The van der Waals surface area contributed by atoms with Crippen molar-refractivity contribution in [3.8, 4) is 62.0 Å². The van der Waals surface area contributed by atoms with Gasteiger partial charge in [-0.25, -0.2) is 0 Å². The van der Waals surface area contributed by atoms with E-state index >= 15 is 26.3 Å². The number of para-hydroxylation sites is 2. The Morgan fingerprint density at radius 2 is 0.882 bits per heavy atom. The van der Waals surface area contributed by atoms with Gasteiger partial charge >= 0.3 is 12.4 Å². The SMILES string of the molecule is Cc1ccc(-c2ccc3c(c2)c2ccccc2n3-c2ccc(-c3c(C(F)(F)F)cccc3C(F)(F)F)c(-c3cc(C#N)ccc3-n3c4ccccc4c4cc(-c5ccc(C)cc5)ccc43)c2)cc1. The van der Waals surface area contributed by atoms with Crippen LogP contribution in [-0.2, 0) is 12.4 Å². The molecule has 11 aromatic rings. The molecule has 0 aliphatic rings. The zero-order chi connectivity index (χ0) is 47.1. The summed E-state index contributed by atoms with van der Waals surface area (Å²) < 4.78 is 95.1. The third-order valence-electron chi connectivity index (χ3n) is 13.0. The average Bonchev–Trinajstić information content (AvgIpc) is 3.85. The fourth-order valence-corrected chi connectivity index (χ4v) is 9.78. The van der Waals surface area contributed by atoms with Crippen molar-refractivity contribution in [1.82, 2.24) is 9.13 Å². The number of aromatic nitrogens is 2. The second-order valence-electron chi connectivity index (χ2n) is 17.2. The van der Waals surface area contributed by atoms with Gasteiger partial charge in [-0.2, -0.15) is 31.6 Å². The molecular formula is C59H37F6N3. The average molecular weight is 902 g/mol. The van der Waals surface area contributed by atoms with Gasteiger partial charge in [-0.3, -0.25) is 0 Å². The molecule has 0 N–H and O–H groups in total. The summed E-state index contributed by atoms with van der Waals surface area (Å²) in [6.45, 7) is 4.05.